The number of nitrogens with zero attached hydrogens (tertiary/aromatic N) is 2. The number of benzene rings is 1. The van der Waals surface area contributed by atoms with E-state index < -0.39 is 4.92 Å². The minimum absolute atomic E-state index is 0.0974. The molecule has 2 rings (SSSR count). The van der Waals surface area contributed by atoms with Crippen LogP contribution in [0.2, 0.25) is 0 Å². The van der Waals surface area contributed by atoms with Crippen molar-refractivity contribution in [3.63, 3.8) is 0 Å². The molecule has 7 heteroatoms. The molecular formula is C13H16BrN3O3. The minimum Gasteiger partial charge on any atom is -0.338 e. The van der Waals surface area contributed by atoms with Crippen LogP contribution in [0.5, 0.6) is 0 Å². The molecule has 0 aromatic heterocycles. The van der Waals surface area contributed by atoms with E-state index in [0.29, 0.717) is 24.1 Å². The third-order valence-corrected chi connectivity index (χ3v) is 4.22. The molecule has 1 unspecified atom stereocenters. The van der Waals surface area contributed by atoms with Gasteiger partial charge in [0, 0.05) is 23.6 Å². The van der Waals surface area contributed by atoms with Crippen molar-refractivity contribution in [2.45, 2.75) is 13.3 Å². The first-order valence-corrected chi connectivity index (χ1v) is 7.09. The molecule has 0 bridgehead atoms. The van der Waals surface area contributed by atoms with Crippen LogP contribution in [0.15, 0.2) is 22.7 Å². The SMILES string of the molecule is CC1(CN)CCN(C(=O)c2ccc(Br)cc2[N+](=O)[O-])C1. The standard InChI is InChI=1S/C13H16BrN3O3/c1-13(7-15)4-5-16(8-13)12(18)10-3-2-9(14)6-11(10)17(19)20/h2-3,6H,4-5,7-8,15H2,1H3. The van der Waals surface area contributed by atoms with Crippen molar-refractivity contribution < 1.29 is 9.72 Å². The van der Waals surface area contributed by atoms with E-state index in [2.05, 4.69) is 15.9 Å². The van der Waals surface area contributed by atoms with E-state index in [9.17, 15) is 14.9 Å². The highest BCUT2D eigenvalue weighted by molar-refractivity contribution is 9.10. The van der Waals surface area contributed by atoms with E-state index in [-0.39, 0.29) is 22.6 Å². The number of hydrogen-bond donors (Lipinski definition) is 1. The van der Waals surface area contributed by atoms with Crippen LogP contribution in [-0.4, -0.2) is 35.4 Å². The molecule has 1 aromatic rings. The van der Waals surface area contributed by atoms with Crippen molar-refractivity contribution in [1.82, 2.24) is 4.90 Å². The fourth-order valence-corrected chi connectivity index (χ4v) is 2.72. The number of rotatable bonds is 3. The second kappa shape index (κ2) is 5.49. The van der Waals surface area contributed by atoms with Gasteiger partial charge in [0.05, 0.1) is 4.92 Å². The molecule has 1 aromatic carbocycles. The van der Waals surface area contributed by atoms with Crippen LogP contribution in [0.25, 0.3) is 0 Å². The third kappa shape index (κ3) is 2.83. The molecule has 108 valence electrons. The molecule has 1 atom stereocenters. The zero-order valence-electron chi connectivity index (χ0n) is 11.1. The molecule has 1 heterocycles. The van der Waals surface area contributed by atoms with Gasteiger partial charge in [-0.1, -0.05) is 22.9 Å². The van der Waals surface area contributed by atoms with Crippen LogP contribution in [-0.2, 0) is 0 Å². The summed E-state index contributed by atoms with van der Waals surface area (Å²) in [6.45, 7) is 3.64. The molecule has 0 aliphatic carbocycles. The maximum atomic E-state index is 12.5. The highest BCUT2D eigenvalue weighted by atomic mass is 79.9. The van der Waals surface area contributed by atoms with Gasteiger partial charge in [-0.25, -0.2) is 0 Å². The van der Waals surface area contributed by atoms with Gasteiger partial charge in [0.1, 0.15) is 5.56 Å². The van der Waals surface area contributed by atoms with E-state index in [1.165, 1.54) is 12.1 Å². The van der Waals surface area contributed by atoms with Gasteiger partial charge in [0.15, 0.2) is 0 Å². The number of nitrogens with two attached hydrogens (primary N) is 1. The number of hydrogen-bond acceptors (Lipinski definition) is 4. The number of carbonyl (C=O) groups is 1. The van der Waals surface area contributed by atoms with Crippen LogP contribution >= 0.6 is 15.9 Å². The number of nitro benzene ring substituents is 1. The second-order valence-corrected chi connectivity index (χ2v) is 6.33. The molecule has 1 aliphatic heterocycles. The zero-order valence-corrected chi connectivity index (χ0v) is 12.7. The largest absolute Gasteiger partial charge is 0.338 e. The maximum Gasteiger partial charge on any atom is 0.283 e. The van der Waals surface area contributed by atoms with Crippen LogP contribution in [0, 0.1) is 15.5 Å². The normalized spacial score (nSPS) is 22.1. The summed E-state index contributed by atoms with van der Waals surface area (Å²) >= 11 is 3.18. The first-order valence-electron chi connectivity index (χ1n) is 6.29. The molecule has 0 radical (unpaired) electrons. The summed E-state index contributed by atoms with van der Waals surface area (Å²) in [5.74, 6) is -0.304. The van der Waals surface area contributed by atoms with E-state index in [1.807, 2.05) is 6.92 Å². The summed E-state index contributed by atoms with van der Waals surface area (Å²) in [5.41, 5.74) is 5.57. The Bertz CT molecular complexity index is 564. The zero-order chi connectivity index (χ0) is 14.9. The topological polar surface area (TPSA) is 89.5 Å². The quantitative estimate of drug-likeness (QED) is 0.673. The lowest BCUT2D eigenvalue weighted by molar-refractivity contribution is -0.385. The van der Waals surface area contributed by atoms with E-state index in [4.69, 9.17) is 5.73 Å². The van der Waals surface area contributed by atoms with Crippen LogP contribution in [0.4, 0.5) is 5.69 Å². The summed E-state index contributed by atoms with van der Waals surface area (Å²) in [5, 5.41) is 11.1. The van der Waals surface area contributed by atoms with E-state index in [0.717, 1.165) is 6.42 Å². The number of amides is 1. The Balaban J connectivity index is 2.29. The Morgan fingerprint density at radius 2 is 2.30 bits per heavy atom. The molecular weight excluding hydrogens is 326 g/mol. The highest BCUT2D eigenvalue weighted by Crippen LogP contribution is 2.31. The smallest absolute Gasteiger partial charge is 0.283 e. The molecule has 0 spiro atoms. The lowest BCUT2D eigenvalue weighted by atomic mass is 9.90. The fourth-order valence-electron chi connectivity index (χ4n) is 2.37. The number of halogens is 1. The maximum absolute atomic E-state index is 12.5. The van der Waals surface area contributed by atoms with E-state index >= 15 is 0 Å². The predicted molar refractivity (Wildman–Crippen MR) is 78.5 cm³/mol. The van der Waals surface area contributed by atoms with Gasteiger partial charge in [0.25, 0.3) is 11.6 Å². The highest BCUT2D eigenvalue weighted by Gasteiger charge is 2.36. The lowest BCUT2D eigenvalue weighted by Crippen LogP contribution is -2.34. The van der Waals surface area contributed by atoms with Gasteiger partial charge in [-0.3, -0.25) is 14.9 Å². The molecule has 20 heavy (non-hydrogen) atoms. The van der Waals surface area contributed by atoms with Crippen molar-refractivity contribution >= 4 is 27.5 Å². The number of nitro groups is 1. The predicted octanol–water partition coefficient (Wildman–Crippen LogP) is 2.17. The molecule has 2 N–H and O–H groups in total. The van der Waals surface area contributed by atoms with Crippen LogP contribution in [0.3, 0.4) is 0 Å². The monoisotopic (exact) mass is 341 g/mol. The van der Waals surface area contributed by atoms with Crippen molar-refractivity contribution in [2.75, 3.05) is 19.6 Å². The number of likely N-dealkylation sites (tertiary alicyclic amines) is 1. The van der Waals surface area contributed by atoms with Gasteiger partial charge < -0.3 is 10.6 Å². The minimum atomic E-state index is -0.532. The Kier molecular flexibility index (Phi) is 4.10. The van der Waals surface area contributed by atoms with Gasteiger partial charge in [0.2, 0.25) is 0 Å². The summed E-state index contributed by atoms with van der Waals surface area (Å²) < 4.78 is 0.578. The number of carbonyl (C=O) groups excluding carboxylic acids is 1. The van der Waals surface area contributed by atoms with Crippen molar-refractivity contribution in [3.05, 3.63) is 38.3 Å². The van der Waals surface area contributed by atoms with E-state index in [1.54, 1.807) is 11.0 Å². The summed E-state index contributed by atoms with van der Waals surface area (Å²) in [7, 11) is 0. The van der Waals surface area contributed by atoms with Crippen LogP contribution < -0.4 is 5.73 Å². The summed E-state index contributed by atoms with van der Waals surface area (Å²) in [6, 6.07) is 4.48. The molecule has 1 fully saturated rings. The Labute approximate surface area is 125 Å². The van der Waals surface area contributed by atoms with Crippen molar-refractivity contribution in [1.29, 1.82) is 0 Å². The van der Waals surface area contributed by atoms with Crippen LogP contribution in [0.1, 0.15) is 23.7 Å². The summed E-state index contributed by atoms with van der Waals surface area (Å²) in [4.78, 5) is 24.6. The Morgan fingerprint density at radius 3 is 2.85 bits per heavy atom. The molecule has 1 amide bonds. The molecule has 1 saturated heterocycles. The van der Waals surface area contributed by atoms with Gasteiger partial charge in [-0.2, -0.15) is 0 Å². The fraction of sp³-hybridized carbons (Fsp3) is 0.462. The molecule has 0 saturated carbocycles. The van der Waals surface area contributed by atoms with Gasteiger partial charge in [-0.05, 0) is 30.5 Å². The van der Waals surface area contributed by atoms with Crippen molar-refractivity contribution in [3.8, 4) is 0 Å². The van der Waals surface area contributed by atoms with Crippen molar-refractivity contribution in [2.24, 2.45) is 11.1 Å². The molecule has 1 aliphatic rings. The lowest BCUT2D eigenvalue weighted by Gasteiger charge is -2.22. The van der Waals surface area contributed by atoms with Gasteiger partial charge >= 0.3 is 0 Å². The second-order valence-electron chi connectivity index (χ2n) is 5.41. The first kappa shape index (κ1) is 14.9. The molecule has 6 nitrogen and oxygen atoms in total. The average molecular weight is 342 g/mol. The Hall–Kier alpha value is -1.47. The first-order chi connectivity index (χ1) is 9.36. The summed E-state index contributed by atoms with van der Waals surface area (Å²) in [6.07, 6.45) is 0.819. The average Bonchev–Trinajstić information content (AvgIpc) is 2.81. The Morgan fingerprint density at radius 1 is 1.60 bits per heavy atom. The third-order valence-electron chi connectivity index (χ3n) is 3.72. The van der Waals surface area contributed by atoms with Gasteiger partial charge in [-0.15, -0.1) is 0 Å².